The van der Waals surface area contributed by atoms with Gasteiger partial charge in [-0.2, -0.15) is 10.1 Å². The first-order valence-corrected chi connectivity index (χ1v) is 9.95. The van der Waals surface area contributed by atoms with Gasteiger partial charge in [-0.05, 0) is 54.1 Å². The number of benzene rings is 2. The van der Waals surface area contributed by atoms with Crippen LogP contribution in [0, 0.1) is 0 Å². The molecular formula is C18H15BrN2O3S2. The maximum atomic E-state index is 11.6. The summed E-state index contributed by atoms with van der Waals surface area (Å²) in [6.45, 7) is 0.897. The Labute approximate surface area is 169 Å². The number of hydrogen-bond donors (Lipinski definition) is 0. The molecule has 2 aromatic rings. The Balaban J connectivity index is 1.44. The fourth-order valence-corrected chi connectivity index (χ4v) is 3.31. The van der Waals surface area contributed by atoms with E-state index in [0.29, 0.717) is 23.3 Å². The van der Waals surface area contributed by atoms with Crippen LogP contribution in [-0.2, 0) is 4.79 Å². The normalized spacial score (nSPS) is 14.3. The number of carbonyl (C=O) groups is 1. The van der Waals surface area contributed by atoms with Crippen molar-refractivity contribution < 1.29 is 14.3 Å². The van der Waals surface area contributed by atoms with Gasteiger partial charge in [-0.3, -0.25) is 4.79 Å². The zero-order valence-electron chi connectivity index (χ0n) is 13.6. The lowest BCUT2D eigenvalue weighted by atomic mass is 10.2. The summed E-state index contributed by atoms with van der Waals surface area (Å²) in [7, 11) is 0. The van der Waals surface area contributed by atoms with Crippen molar-refractivity contribution in [2.75, 3.05) is 19.0 Å². The molecule has 0 radical (unpaired) electrons. The Morgan fingerprint density at radius 1 is 1.08 bits per heavy atom. The van der Waals surface area contributed by atoms with E-state index in [1.165, 1.54) is 16.8 Å². The van der Waals surface area contributed by atoms with Crippen LogP contribution in [0.2, 0.25) is 0 Å². The highest BCUT2D eigenvalue weighted by atomic mass is 79.9. The van der Waals surface area contributed by atoms with E-state index in [1.54, 1.807) is 6.21 Å². The van der Waals surface area contributed by atoms with Crippen LogP contribution in [-0.4, -0.2) is 40.4 Å². The van der Waals surface area contributed by atoms with Crippen molar-refractivity contribution in [3.8, 4) is 11.5 Å². The van der Waals surface area contributed by atoms with E-state index >= 15 is 0 Å². The molecule has 0 saturated carbocycles. The van der Waals surface area contributed by atoms with Gasteiger partial charge in [0.25, 0.3) is 5.91 Å². The third-order valence-corrected chi connectivity index (χ3v) is 5.23. The first-order chi connectivity index (χ1) is 12.6. The lowest BCUT2D eigenvalue weighted by molar-refractivity contribution is -0.123. The molecule has 0 aliphatic carbocycles. The molecule has 5 nitrogen and oxygen atoms in total. The van der Waals surface area contributed by atoms with E-state index in [2.05, 4.69) is 21.0 Å². The number of amides is 1. The molecule has 1 amide bonds. The van der Waals surface area contributed by atoms with Gasteiger partial charge in [0.2, 0.25) is 0 Å². The molecule has 8 heteroatoms. The van der Waals surface area contributed by atoms with Crippen molar-refractivity contribution in [3.63, 3.8) is 0 Å². The second kappa shape index (κ2) is 9.16. The summed E-state index contributed by atoms with van der Waals surface area (Å²) in [5, 5.41) is 5.39. The van der Waals surface area contributed by atoms with Crippen molar-refractivity contribution >= 4 is 56.4 Å². The highest BCUT2D eigenvalue weighted by Crippen LogP contribution is 2.20. The number of ether oxygens (including phenoxy) is 2. The summed E-state index contributed by atoms with van der Waals surface area (Å²) in [6.07, 6.45) is 1.61. The number of nitrogens with zero attached hydrogens (tertiary/aromatic N) is 2. The predicted molar refractivity (Wildman–Crippen MR) is 111 cm³/mol. The molecule has 0 spiro atoms. The van der Waals surface area contributed by atoms with Gasteiger partial charge in [0, 0.05) is 4.47 Å². The molecule has 0 bridgehead atoms. The maximum absolute atomic E-state index is 11.6. The zero-order chi connectivity index (χ0) is 18.4. The zero-order valence-corrected chi connectivity index (χ0v) is 16.9. The summed E-state index contributed by atoms with van der Waals surface area (Å²) >= 11 is 9.78. The van der Waals surface area contributed by atoms with Crippen LogP contribution in [0.3, 0.4) is 0 Å². The number of thioether (sulfide) groups is 1. The van der Waals surface area contributed by atoms with E-state index in [1.807, 2.05) is 48.5 Å². The smallest absolute Gasteiger partial charge is 0.259 e. The Bertz CT molecular complexity index is 794. The predicted octanol–water partition coefficient (Wildman–Crippen LogP) is 4.10. The molecule has 26 heavy (non-hydrogen) atoms. The molecule has 1 saturated heterocycles. The number of hydrogen-bond acceptors (Lipinski definition) is 6. The minimum Gasteiger partial charge on any atom is -0.490 e. The van der Waals surface area contributed by atoms with Gasteiger partial charge in [0.1, 0.15) is 24.7 Å². The van der Waals surface area contributed by atoms with Crippen LogP contribution >= 0.6 is 39.9 Å². The quantitative estimate of drug-likeness (QED) is 0.361. The van der Waals surface area contributed by atoms with Gasteiger partial charge in [-0.25, -0.2) is 0 Å². The van der Waals surface area contributed by atoms with Crippen LogP contribution < -0.4 is 9.47 Å². The summed E-state index contributed by atoms with van der Waals surface area (Å²) in [6, 6.07) is 15.1. The molecule has 1 heterocycles. The number of thiocarbonyl (C=S) groups is 1. The van der Waals surface area contributed by atoms with Gasteiger partial charge in [0.15, 0.2) is 4.32 Å². The van der Waals surface area contributed by atoms with E-state index in [4.69, 9.17) is 21.7 Å². The maximum Gasteiger partial charge on any atom is 0.259 e. The number of rotatable bonds is 7. The largest absolute Gasteiger partial charge is 0.490 e. The van der Waals surface area contributed by atoms with Gasteiger partial charge in [-0.1, -0.05) is 39.9 Å². The van der Waals surface area contributed by atoms with E-state index in [0.717, 1.165) is 21.5 Å². The van der Waals surface area contributed by atoms with Crippen LogP contribution in [0.25, 0.3) is 0 Å². The van der Waals surface area contributed by atoms with Crippen molar-refractivity contribution in [3.05, 3.63) is 58.6 Å². The second-order valence-corrected chi connectivity index (χ2v) is 7.75. The fourth-order valence-electron chi connectivity index (χ4n) is 2.08. The molecule has 3 rings (SSSR count). The van der Waals surface area contributed by atoms with Crippen LogP contribution in [0.15, 0.2) is 58.1 Å². The molecule has 0 N–H and O–H groups in total. The Kier molecular flexibility index (Phi) is 6.65. The minimum absolute atomic E-state index is 0.0954. The number of hydrazone groups is 1. The van der Waals surface area contributed by atoms with Crippen molar-refractivity contribution in [1.29, 1.82) is 0 Å². The fraction of sp³-hybridized carbons (Fsp3) is 0.167. The van der Waals surface area contributed by atoms with E-state index in [-0.39, 0.29) is 5.91 Å². The molecule has 1 aliphatic rings. The molecule has 1 aliphatic heterocycles. The topological polar surface area (TPSA) is 51.1 Å². The molecule has 2 aromatic carbocycles. The first kappa shape index (κ1) is 18.9. The van der Waals surface area contributed by atoms with Gasteiger partial charge in [-0.15, -0.1) is 0 Å². The summed E-state index contributed by atoms with van der Waals surface area (Å²) in [5.41, 5.74) is 0.857. The number of carbonyl (C=O) groups excluding carboxylic acids is 1. The van der Waals surface area contributed by atoms with Gasteiger partial charge < -0.3 is 9.47 Å². The Morgan fingerprint density at radius 3 is 2.19 bits per heavy atom. The highest BCUT2D eigenvalue weighted by Gasteiger charge is 2.25. The Hall–Kier alpha value is -1.90. The Morgan fingerprint density at radius 2 is 1.65 bits per heavy atom. The molecule has 0 unspecified atom stereocenters. The average Bonchev–Trinajstić information content (AvgIpc) is 2.97. The lowest BCUT2D eigenvalue weighted by Crippen LogP contribution is -2.22. The first-order valence-electron chi connectivity index (χ1n) is 7.77. The molecule has 0 aromatic heterocycles. The second-order valence-electron chi connectivity index (χ2n) is 5.22. The van der Waals surface area contributed by atoms with Gasteiger partial charge in [0.05, 0.1) is 12.0 Å². The standard InChI is InChI=1S/C18H15BrN2O3S2/c19-14-3-7-16(8-4-14)24-10-9-23-15-5-1-13(2-6-15)11-20-21-17(22)12-26-18(21)25/h1-8,11H,9-10,12H2/b20-11-. The van der Waals surface area contributed by atoms with E-state index < -0.39 is 0 Å². The molecule has 1 fully saturated rings. The highest BCUT2D eigenvalue weighted by molar-refractivity contribution is 9.10. The summed E-state index contributed by atoms with van der Waals surface area (Å²) < 4.78 is 12.8. The molecular weight excluding hydrogens is 436 g/mol. The molecule has 134 valence electrons. The lowest BCUT2D eigenvalue weighted by Gasteiger charge is -2.09. The van der Waals surface area contributed by atoms with Crippen LogP contribution in [0.4, 0.5) is 0 Å². The van der Waals surface area contributed by atoms with Crippen molar-refractivity contribution in [2.24, 2.45) is 5.10 Å². The average molecular weight is 451 g/mol. The summed E-state index contributed by atoms with van der Waals surface area (Å²) in [4.78, 5) is 11.6. The third-order valence-electron chi connectivity index (χ3n) is 3.37. The van der Waals surface area contributed by atoms with Crippen molar-refractivity contribution in [1.82, 2.24) is 5.01 Å². The minimum atomic E-state index is -0.0954. The third kappa shape index (κ3) is 5.30. The molecule has 0 atom stereocenters. The summed E-state index contributed by atoms with van der Waals surface area (Å²) in [5.74, 6) is 1.80. The van der Waals surface area contributed by atoms with Gasteiger partial charge >= 0.3 is 0 Å². The van der Waals surface area contributed by atoms with Crippen molar-refractivity contribution in [2.45, 2.75) is 0 Å². The van der Waals surface area contributed by atoms with E-state index in [9.17, 15) is 4.79 Å². The SMILES string of the molecule is O=C1CSC(=S)N1/N=C\c1ccc(OCCOc2ccc(Br)cc2)cc1. The monoisotopic (exact) mass is 450 g/mol. The number of halogens is 1. The van der Waals surface area contributed by atoms with Crippen LogP contribution in [0.1, 0.15) is 5.56 Å². The van der Waals surface area contributed by atoms with Crippen LogP contribution in [0.5, 0.6) is 11.5 Å².